The first kappa shape index (κ1) is 23.1. The maximum Gasteiger partial charge on any atom is 0.270 e. The zero-order valence-corrected chi connectivity index (χ0v) is 18.9. The summed E-state index contributed by atoms with van der Waals surface area (Å²) in [5, 5.41) is 11.0. The van der Waals surface area contributed by atoms with Gasteiger partial charge in [0.25, 0.3) is 11.6 Å². The molecule has 1 aromatic heterocycles. The van der Waals surface area contributed by atoms with Gasteiger partial charge in [-0.15, -0.1) is 0 Å². The quantitative estimate of drug-likeness (QED) is 0.470. The van der Waals surface area contributed by atoms with Crippen LogP contribution in [0.4, 0.5) is 5.69 Å². The number of benzene rings is 1. The van der Waals surface area contributed by atoms with Crippen LogP contribution in [0.1, 0.15) is 33.1 Å². The van der Waals surface area contributed by atoms with Gasteiger partial charge in [0.2, 0.25) is 5.91 Å². The molecule has 12 heteroatoms. The highest BCUT2D eigenvalue weighted by atomic mass is 32.2. The Morgan fingerprint density at radius 2 is 2.03 bits per heavy atom. The van der Waals surface area contributed by atoms with E-state index in [2.05, 4.69) is 4.99 Å². The number of non-ortho nitro benzene ring substituents is 1. The van der Waals surface area contributed by atoms with Crippen molar-refractivity contribution in [2.75, 3.05) is 18.1 Å². The molecule has 2 amide bonds. The Bertz CT molecular complexity index is 1200. The van der Waals surface area contributed by atoms with Crippen LogP contribution in [0, 0.1) is 10.1 Å². The van der Waals surface area contributed by atoms with Gasteiger partial charge in [0.05, 0.1) is 15.1 Å². The maximum absolute atomic E-state index is 12.4. The SMILES string of the molecule is CCn1c(=NC(=O)CS(=O)(=O)CC(=O)N2CCCCC2C)sc2cc([N+](=O)[O-])ccc21. The molecule has 1 atom stereocenters. The molecule has 0 aliphatic carbocycles. The second kappa shape index (κ2) is 9.27. The van der Waals surface area contributed by atoms with Crippen LogP contribution in [0.15, 0.2) is 23.2 Å². The highest BCUT2D eigenvalue weighted by molar-refractivity contribution is 7.92. The number of rotatable bonds is 6. The number of nitro benzene ring substituents is 1. The highest BCUT2D eigenvalue weighted by Gasteiger charge is 2.28. The molecule has 1 aromatic carbocycles. The average molecular weight is 469 g/mol. The molecule has 0 N–H and O–H groups in total. The summed E-state index contributed by atoms with van der Waals surface area (Å²) >= 11 is 1.07. The smallest absolute Gasteiger partial charge is 0.270 e. The molecule has 1 unspecified atom stereocenters. The van der Waals surface area contributed by atoms with E-state index in [0.717, 1.165) is 30.6 Å². The van der Waals surface area contributed by atoms with Crippen LogP contribution in [0.25, 0.3) is 10.2 Å². The minimum atomic E-state index is -3.97. The van der Waals surface area contributed by atoms with Crippen molar-refractivity contribution in [3.63, 3.8) is 0 Å². The molecule has 0 saturated carbocycles. The van der Waals surface area contributed by atoms with Crippen molar-refractivity contribution in [2.24, 2.45) is 4.99 Å². The van der Waals surface area contributed by atoms with Crippen molar-refractivity contribution in [1.82, 2.24) is 9.47 Å². The third kappa shape index (κ3) is 5.37. The van der Waals surface area contributed by atoms with Gasteiger partial charge in [-0.05, 0) is 39.2 Å². The lowest BCUT2D eigenvalue weighted by Crippen LogP contribution is -2.45. The molecule has 1 aliphatic rings. The number of hydrogen-bond donors (Lipinski definition) is 0. The molecule has 10 nitrogen and oxygen atoms in total. The number of thiazole rings is 1. The van der Waals surface area contributed by atoms with Gasteiger partial charge < -0.3 is 9.47 Å². The lowest BCUT2D eigenvalue weighted by molar-refractivity contribution is -0.384. The zero-order valence-electron chi connectivity index (χ0n) is 17.3. The van der Waals surface area contributed by atoms with Crippen molar-refractivity contribution in [3.05, 3.63) is 33.1 Å². The van der Waals surface area contributed by atoms with E-state index < -0.39 is 38.1 Å². The Morgan fingerprint density at radius 1 is 1.29 bits per heavy atom. The van der Waals surface area contributed by atoms with Crippen LogP contribution in [0.5, 0.6) is 0 Å². The van der Waals surface area contributed by atoms with Crippen LogP contribution >= 0.6 is 11.3 Å². The van der Waals surface area contributed by atoms with Crippen LogP contribution in [0.3, 0.4) is 0 Å². The number of likely N-dealkylation sites (tertiary alicyclic amines) is 1. The Labute approximate surface area is 183 Å². The molecule has 3 rings (SSSR count). The van der Waals surface area contributed by atoms with Crippen molar-refractivity contribution in [3.8, 4) is 0 Å². The lowest BCUT2D eigenvalue weighted by Gasteiger charge is -2.33. The molecular formula is C19H24N4O6S2. The first-order valence-electron chi connectivity index (χ1n) is 9.96. The molecule has 0 bridgehead atoms. The van der Waals surface area contributed by atoms with Crippen LogP contribution in [-0.2, 0) is 26.0 Å². The molecule has 0 radical (unpaired) electrons. The fourth-order valence-corrected chi connectivity index (χ4v) is 5.91. The van der Waals surface area contributed by atoms with Crippen molar-refractivity contribution >= 4 is 48.9 Å². The molecule has 1 aliphatic heterocycles. The number of carbonyl (C=O) groups is 2. The number of sulfone groups is 1. The normalized spacial score (nSPS) is 17.8. The van der Waals surface area contributed by atoms with E-state index in [1.165, 1.54) is 12.1 Å². The summed E-state index contributed by atoms with van der Waals surface area (Å²) in [6, 6.07) is 4.32. The minimum absolute atomic E-state index is 0.0112. The van der Waals surface area contributed by atoms with E-state index in [1.54, 1.807) is 15.5 Å². The van der Waals surface area contributed by atoms with Gasteiger partial charge in [0.15, 0.2) is 14.6 Å². The molecular weight excluding hydrogens is 444 g/mol. The topological polar surface area (TPSA) is 132 Å². The maximum atomic E-state index is 12.4. The van der Waals surface area contributed by atoms with E-state index in [9.17, 15) is 28.1 Å². The lowest BCUT2D eigenvalue weighted by atomic mass is 10.0. The van der Waals surface area contributed by atoms with Gasteiger partial charge in [-0.3, -0.25) is 19.7 Å². The Balaban J connectivity index is 1.80. The molecule has 0 spiro atoms. The number of carbonyl (C=O) groups excluding carboxylic acids is 2. The number of aromatic nitrogens is 1. The van der Waals surface area contributed by atoms with E-state index in [1.807, 2.05) is 13.8 Å². The first-order valence-corrected chi connectivity index (χ1v) is 12.6. The average Bonchev–Trinajstić information content (AvgIpc) is 3.02. The van der Waals surface area contributed by atoms with E-state index in [-0.39, 0.29) is 16.5 Å². The number of nitro groups is 1. The summed E-state index contributed by atoms with van der Waals surface area (Å²) in [7, 11) is -3.97. The van der Waals surface area contributed by atoms with Gasteiger partial charge >= 0.3 is 0 Å². The van der Waals surface area contributed by atoms with Crippen LogP contribution < -0.4 is 4.80 Å². The van der Waals surface area contributed by atoms with Crippen LogP contribution in [-0.4, -0.2) is 58.7 Å². The van der Waals surface area contributed by atoms with Crippen LogP contribution in [0.2, 0.25) is 0 Å². The number of hydrogen-bond acceptors (Lipinski definition) is 7. The van der Waals surface area contributed by atoms with Crippen molar-refractivity contribution in [2.45, 2.75) is 45.7 Å². The second-order valence-electron chi connectivity index (χ2n) is 7.51. The van der Waals surface area contributed by atoms with Gasteiger partial charge in [0.1, 0.15) is 11.5 Å². The molecule has 1 saturated heterocycles. The number of fused-ring (bicyclic) bond motifs is 1. The van der Waals surface area contributed by atoms with Crippen molar-refractivity contribution < 1.29 is 22.9 Å². The Hall–Kier alpha value is -2.60. The fourth-order valence-electron chi connectivity index (χ4n) is 3.68. The monoisotopic (exact) mass is 468 g/mol. The predicted molar refractivity (Wildman–Crippen MR) is 116 cm³/mol. The molecule has 2 heterocycles. The Morgan fingerprint density at radius 3 is 2.68 bits per heavy atom. The number of aryl methyl sites for hydroxylation is 1. The fraction of sp³-hybridized carbons (Fsp3) is 0.526. The Kier molecular flexibility index (Phi) is 6.90. The predicted octanol–water partition coefficient (Wildman–Crippen LogP) is 1.87. The van der Waals surface area contributed by atoms with E-state index in [0.29, 0.717) is 23.3 Å². The third-order valence-corrected chi connectivity index (χ3v) is 7.64. The number of nitrogens with zero attached hydrogens (tertiary/aromatic N) is 4. The molecule has 1 fully saturated rings. The van der Waals surface area contributed by atoms with E-state index in [4.69, 9.17) is 0 Å². The summed E-state index contributed by atoms with van der Waals surface area (Å²) in [5.74, 6) is -2.94. The standard InChI is InChI=1S/C19H24N4O6S2/c1-3-21-15-8-7-14(23(26)27)10-16(15)30-19(21)20-17(24)11-31(28,29)12-18(25)22-9-5-4-6-13(22)2/h7-8,10,13H,3-6,9,11-12H2,1-2H3. The third-order valence-electron chi connectivity index (χ3n) is 5.22. The molecule has 168 valence electrons. The molecule has 2 aromatic rings. The summed E-state index contributed by atoms with van der Waals surface area (Å²) in [5.41, 5.74) is 0.588. The summed E-state index contributed by atoms with van der Waals surface area (Å²) in [6.45, 7) is 4.69. The largest absolute Gasteiger partial charge is 0.339 e. The highest BCUT2D eigenvalue weighted by Crippen LogP contribution is 2.23. The summed E-state index contributed by atoms with van der Waals surface area (Å²) in [6.07, 6.45) is 2.68. The van der Waals surface area contributed by atoms with Gasteiger partial charge in [-0.2, -0.15) is 4.99 Å². The van der Waals surface area contributed by atoms with Gasteiger partial charge in [-0.1, -0.05) is 11.3 Å². The second-order valence-corrected chi connectivity index (χ2v) is 10.6. The van der Waals surface area contributed by atoms with Gasteiger partial charge in [0, 0.05) is 31.3 Å². The molecule has 31 heavy (non-hydrogen) atoms. The van der Waals surface area contributed by atoms with E-state index >= 15 is 0 Å². The zero-order chi connectivity index (χ0) is 22.8. The number of amides is 2. The summed E-state index contributed by atoms with van der Waals surface area (Å²) in [4.78, 5) is 41.0. The number of piperidine rings is 1. The first-order chi connectivity index (χ1) is 14.6. The summed E-state index contributed by atoms with van der Waals surface area (Å²) < 4.78 is 27.1. The minimum Gasteiger partial charge on any atom is -0.339 e. The van der Waals surface area contributed by atoms with Gasteiger partial charge in [-0.25, -0.2) is 8.42 Å². The van der Waals surface area contributed by atoms with Crippen molar-refractivity contribution in [1.29, 1.82) is 0 Å².